The summed E-state index contributed by atoms with van der Waals surface area (Å²) in [7, 11) is 0. The summed E-state index contributed by atoms with van der Waals surface area (Å²) in [6.45, 7) is 6.23. The molecule has 5 nitrogen and oxygen atoms in total. The van der Waals surface area contributed by atoms with Gasteiger partial charge in [0.1, 0.15) is 5.60 Å². The Labute approximate surface area is 112 Å². The van der Waals surface area contributed by atoms with E-state index in [2.05, 4.69) is 4.98 Å². The summed E-state index contributed by atoms with van der Waals surface area (Å²) in [6, 6.07) is 5.75. The van der Waals surface area contributed by atoms with Crippen LogP contribution in [0.4, 0.5) is 4.79 Å². The Bertz CT molecular complexity index is 497. The second-order valence-corrected chi connectivity index (χ2v) is 6.00. The second-order valence-electron chi connectivity index (χ2n) is 6.00. The van der Waals surface area contributed by atoms with Crippen LogP contribution in [0.15, 0.2) is 24.4 Å². The van der Waals surface area contributed by atoms with Crippen molar-refractivity contribution in [2.45, 2.75) is 44.6 Å². The molecule has 0 aromatic carbocycles. The molecule has 5 heteroatoms. The van der Waals surface area contributed by atoms with Gasteiger partial charge in [-0.1, -0.05) is 6.07 Å². The van der Waals surface area contributed by atoms with Crippen LogP contribution in [0, 0.1) is 0 Å². The molecular weight excluding hydrogens is 244 g/mol. The number of aromatic nitrogens is 1. The molecule has 102 valence electrons. The van der Waals surface area contributed by atoms with Crippen molar-refractivity contribution in [1.82, 2.24) is 9.88 Å². The van der Waals surface area contributed by atoms with E-state index in [9.17, 15) is 4.79 Å². The Kier molecular flexibility index (Phi) is 2.57. The SMILES string of the molecule is CC(C)(C)OC(=O)N1CC[C@]2(c3ccccn3)OC12. The van der Waals surface area contributed by atoms with Gasteiger partial charge < -0.3 is 9.47 Å². The minimum atomic E-state index is -0.484. The molecule has 0 spiro atoms. The van der Waals surface area contributed by atoms with Crippen LogP contribution in [0.25, 0.3) is 0 Å². The van der Waals surface area contributed by atoms with Crippen LogP contribution in [0.1, 0.15) is 32.9 Å². The number of pyridine rings is 1. The van der Waals surface area contributed by atoms with Gasteiger partial charge >= 0.3 is 6.09 Å². The summed E-state index contributed by atoms with van der Waals surface area (Å²) >= 11 is 0. The Morgan fingerprint density at radius 2 is 2.32 bits per heavy atom. The van der Waals surface area contributed by atoms with E-state index in [0.29, 0.717) is 6.54 Å². The van der Waals surface area contributed by atoms with Crippen molar-refractivity contribution < 1.29 is 14.3 Å². The molecule has 1 unspecified atom stereocenters. The highest BCUT2D eigenvalue weighted by Gasteiger charge is 2.67. The number of fused-ring (bicyclic) bond motifs is 1. The second kappa shape index (κ2) is 3.93. The molecule has 0 N–H and O–H groups in total. The molecule has 0 saturated carbocycles. The van der Waals surface area contributed by atoms with Gasteiger partial charge in [0.2, 0.25) is 0 Å². The molecule has 1 amide bonds. The summed E-state index contributed by atoms with van der Waals surface area (Å²) in [5.41, 5.74) is 0.00599. The fraction of sp³-hybridized carbons (Fsp3) is 0.571. The number of nitrogens with zero attached hydrogens (tertiary/aromatic N) is 2. The van der Waals surface area contributed by atoms with Crippen molar-refractivity contribution >= 4 is 6.09 Å². The van der Waals surface area contributed by atoms with Crippen LogP contribution >= 0.6 is 0 Å². The van der Waals surface area contributed by atoms with E-state index in [1.54, 1.807) is 11.1 Å². The molecule has 1 aromatic rings. The van der Waals surface area contributed by atoms with Crippen LogP contribution in [0.3, 0.4) is 0 Å². The Morgan fingerprint density at radius 3 is 2.89 bits per heavy atom. The van der Waals surface area contributed by atoms with Gasteiger partial charge in [0.15, 0.2) is 11.8 Å². The topological polar surface area (TPSA) is 55.0 Å². The van der Waals surface area contributed by atoms with E-state index in [1.807, 2.05) is 39.0 Å². The van der Waals surface area contributed by atoms with E-state index < -0.39 is 11.2 Å². The molecule has 3 heterocycles. The third-order valence-corrected chi connectivity index (χ3v) is 3.40. The molecular formula is C14H18N2O3. The average Bonchev–Trinajstić information content (AvgIpc) is 2.95. The van der Waals surface area contributed by atoms with Gasteiger partial charge in [0, 0.05) is 19.2 Å². The number of rotatable bonds is 1. The summed E-state index contributed by atoms with van der Waals surface area (Å²) in [4.78, 5) is 18.1. The van der Waals surface area contributed by atoms with E-state index >= 15 is 0 Å². The maximum atomic E-state index is 12.1. The number of amides is 1. The van der Waals surface area contributed by atoms with E-state index in [-0.39, 0.29) is 12.3 Å². The molecule has 2 fully saturated rings. The lowest BCUT2D eigenvalue weighted by Crippen LogP contribution is -2.37. The molecule has 2 saturated heterocycles. The quantitative estimate of drug-likeness (QED) is 0.728. The van der Waals surface area contributed by atoms with Crippen LogP contribution in [0.5, 0.6) is 0 Å². The maximum absolute atomic E-state index is 12.1. The van der Waals surface area contributed by atoms with Crippen molar-refractivity contribution in [3.8, 4) is 0 Å². The van der Waals surface area contributed by atoms with Crippen molar-refractivity contribution in [3.05, 3.63) is 30.1 Å². The Balaban J connectivity index is 1.73. The van der Waals surface area contributed by atoms with Gasteiger partial charge in [-0.25, -0.2) is 4.79 Å². The van der Waals surface area contributed by atoms with Gasteiger partial charge in [0.05, 0.1) is 5.69 Å². The van der Waals surface area contributed by atoms with E-state index in [4.69, 9.17) is 9.47 Å². The number of carbonyl (C=O) groups excluding carboxylic acids is 1. The largest absolute Gasteiger partial charge is 0.444 e. The number of ether oxygens (including phenoxy) is 2. The Morgan fingerprint density at radius 1 is 1.53 bits per heavy atom. The number of hydrogen-bond acceptors (Lipinski definition) is 4. The van der Waals surface area contributed by atoms with Gasteiger partial charge in [-0.05, 0) is 32.9 Å². The molecule has 0 bridgehead atoms. The van der Waals surface area contributed by atoms with Crippen molar-refractivity contribution in [2.75, 3.05) is 6.54 Å². The highest BCUT2D eigenvalue weighted by molar-refractivity contribution is 5.70. The molecule has 0 radical (unpaired) electrons. The monoisotopic (exact) mass is 262 g/mol. The summed E-state index contributed by atoms with van der Waals surface area (Å²) < 4.78 is 11.1. The summed E-state index contributed by atoms with van der Waals surface area (Å²) in [5.74, 6) is 0. The lowest BCUT2D eigenvalue weighted by atomic mass is 10.0. The van der Waals surface area contributed by atoms with Crippen LogP contribution in [-0.2, 0) is 15.1 Å². The summed E-state index contributed by atoms with van der Waals surface area (Å²) in [5, 5.41) is 0. The zero-order valence-corrected chi connectivity index (χ0v) is 11.4. The third kappa shape index (κ3) is 2.08. The number of likely N-dealkylation sites (tertiary alicyclic amines) is 1. The van der Waals surface area contributed by atoms with Gasteiger partial charge in [-0.2, -0.15) is 0 Å². The van der Waals surface area contributed by atoms with Crippen molar-refractivity contribution in [1.29, 1.82) is 0 Å². The normalized spacial score (nSPS) is 29.0. The number of carbonyl (C=O) groups is 1. The highest BCUT2D eigenvalue weighted by Crippen LogP contribution is 2.54. The fourth-order valence-electron chi connectivity index (χ4n) is 2.50. The molecule has 2 aliphatic heterocycles. The number of epoxide rings is 1. The standard InChI is InChI=1S/C14H18N2O3/c1-13(2,3)19-12(17)16-9-7-14(11(16)18-14)10-6-4-5-8-15-10/h4-6,8,11H,7,9H2,1-3H3/t11?,14-/m1/s1. The zero-order chi connectivity index (χ0) is 13.7. The zero-order valence-electron chi connectivity index (χ0n) is 11.4. The summed E-state index contributed by atoms with van der Waals surface area (Å²) in [6.07, 6.45) is 1.98. The first kappa shape index (κ1) is 12.4. The molecule has 3 rings (SSSR count). The van der Waals surface area contributed by atoms with Crippen molar-refractivity contribution in [3.63, 3.8) is 0 Å². The minimum Gasteiger partial charge on any atom is -0.444 e. The first-order valence-electron chi connectivity index (χ1n) is 6.51. The van der Waals surface area contributed by atoms with Gasteiger partial charge in [0.25, 0.3) is 0 Å². The van der Waals surface area contributed by atoms with E-state index in [1.165, 1.54) is 0 Å². The molecule has 0 aliphatic carbocycles. The molecule has 19 heavy (non-hydrogen) atoms. The molecule has 1 aromatic heterocycles. The highest BCUT2D eigenvalue weighted by atomic mass is 16.7. The van der Waals surface area contributed by atoms with Crippen molar-refractivity contribution in [2.24, 2.45) is 0 Å². The lowest BCUT2D eigenvalue weighted by molar-refractivity contribution is 0.0153. The predicted octanol–water partition coefficient (Wildman–Crippen LogP) is 2.27. The first-order valence-corrected chi connectivity index (χ1v) is 6.51. The average molecular weight is 262 g/mol. The minimum absolute atomic E-state index is 0.225. The molecule has 2 aliphatic rings. The maximum Gasteiger partial charge on any atom is 0.412 e. The predicted molar refractivity (Wildman–Crippen MR) is 68.3 cm³/mol. The van der Waals surface area contributed by atoms with Crippen LogP contribution in [-0.4, -0.2) is 34.4 Å². The number of hydrogen-bond donors (Lipinski definition) is 0. The smallest absolute Gasteiger partial charge is 0.412 e. The van der Waals surface area contributed by atoms with Gasteiger partial charge in [-0.3, -0.25) is 9.88 Å². The lowest BCUT2D eigenvalue weighted by Gasteiger charge is -2.24. The van der Waals surface area contributed by atoms with Crippen LogP contribution in [0.2, 0.25) is 0 Å². The van der Waals surface area contributed by atoms with Gasteiger partial charge in [-0.15, -0.1) is 0 Å². The first-order chi connectivity index (χ1) is 8.92. The fourth-order valence-corrected chi connectivity index (χ4v) is 2.50. The Hall–Kier alpha value is -1.62. The third-order valence-electron chi connectivity index (χ3n) is 3.40. The molecule has 2 atom stereocenters. The van der Waals surface area contributed by atoms with Crippen LogP contribution < -0.4 is 0 Å². The van der Waals surface area contributed by atoms with E-state index in [0.717, 1.165) is 12.1 Å².